The second kappa shape index (κ2) is 10.3. The molecule has 2 aromatic rings. The molecule has 1 fully saturated rings. The van der Waals surface area contributed by atoms with E-state index in [0.29, 0.717) is 11.3 Å². The van der Waals surface area contributed by atoms with Crippen LogP contribution in [0.1, 0.15) is 23.2 Å². The molecule has 3 amide bonds. The van der Waals surface area contributed by atoms with E-state index in [-0.39, 0.29) is 36.1 Å². The maximum atomic E-state index is 12.5. The minimum absolute atomic E-state index is 0.0733. The minimum Gasteiger partial charge on any atom is -0.369 e. The topological polar surface area (TPSA) is 122 Å². The SMILES string of the molecule is Cn1ccnc1SCC(=O)Nc1ccc(C(=O)NC2CCN(CC(N)=O)CC2)cc1. The highest BCUT2D eigenvalue weighted by Crippen LogP contribution is 2.16. The van der Waals surface area contributed by atoms with Gasteiger partial charge in [0.15, 0.2) is 5.16 Å². The maximum absolute atomic E-state index is 12.5. The summed E-state index contributed by atoms with van der Waals surface area (Å²) in [5, 5.41) is 6.62. The molecule has 9 nitrogen and oxygen atoms in total. The van der Waals surface area contributed by atoms with Crippen LogP contribution in [0.2, 0.25) is 0 Å². The molecule has 0 unspecified atom stereocenters. The molecule has 30 heavy (non-hydrogen) atoms. The molecular formula is C20H26N6O3S. The fraction of sp³-hybridized carbons (Fsp3) is 0.400. The first-order valence-corrected chi connectivity index (χ1v) is 10.7. The van der Waals surface area contributed by atoms with E-state index >= 15 is 0 Å². The predicted molar refractivity (Wildman–Crippen MR) is 115 cm³/mol. The standard InChI is InChI=1S/C20H26N6O3S/c1-25-11-8-22-20(25)30-13-18(28)23-15-4-2-14(3-5-15)19(29)24-16-6-9-26(10-7-16)12-17(21)27/h2-5,8,11,16H,6-7,9-10,12-13H2,1H3,(H2,21,27)(H,23,28)(H,24,29). The third kappa shape index (κ3) is 6.33. The van der Waals surface area contributed by atoms with Gasteiger partial charge in [-0.3, -0.25) is 19.3 Å². The van der Waals surface area contributed by atoms with Gasteiger partial charge in [-0.15, -0.1) is 0 Å². The summed E-state index contributed by atoms with van der Waals surface area (Å²) >= 11 is 1.36. The van der Waals surface area contributed by atoms with Crippen molar-refractivity contribution < 1.29 is 14.4 Å². The van der Waals surface area contributed by atoms with E-state index in [1.807, 2.05) is 22.7 Å². The summed E-state index contributed by atoms with van der Waals surface area (Å²) in [7, 11) is 1.88. The Morgan fingerprint density at radius 1 is 1.20 bits per heavy atom. The lowest BCUT2D eigenvalue weighted by Gasteiger charge is -2.31. The Kier molecular flexibility index (Phi) is 7.47. The highest BCUT2D eigenvalue weighted by molar-refractivity contribution is 7.99. The number of likely N-dealkylation sites (tertiary alicyclic amines) is 1. The van der Waals surface area contributed by atoms with E-state index in [9.17, 15) is 14.4 Å². The largest absolute Gasteiger partial charge is 0.369 e. The highest BCUT2D eigenvalue weighted by atomic mass is 32.2. The number of nitrogens with one attached hydrogen (secondary N) is 2. The van der Waals surface area contributed by atoms with E-state index in [1.54, 1.807) is 30.5 Å². The number of piperidine rings is 1. The van der Waals surface area contributed by atoms with Crippen LogP contribution in [-0.4, -0.2) is 63.6 Å². The van der Waals surface area contributed by atoms with Crippen LogP contribution >= 0.6 is 11.8 Å². The van der Waals surface area contributed by atoms with Gasteiger partial charge in [-0.25, -0.2) is 4.98 Å². The molecule has 0 saturated carbocycles. The van der Waals surface area contributed by atoms with Gasteiger partial charge in [-0.1, -0.05) is 11.8 Å². The van der Waals surface area contributed by atoms with Gasteiger partial charge in [0.05, 0.1) is 12.3 Å². The summed E-state index contributed by atoms with van der Waals surface area (Å²) in [6, 6.07) is 6.89. The van der Waals surface area contributed by atoms with Gasteiger partial charge >= 0.3 is 0 Å². The highest BCUT2D eigenvalue weighted by Gasteiger charge is 2.22. The van der Waals surface area contributed by atoms with Crippen molar-refractivity contribution in [2.75, 3.05) is 30.7 Å². The number of imidazole rings is 1. The van der Waals surface area contributed by atoms with Crippen LogP contribution < -0.4 is 16.4 Å². The Morgan fingerprint density at radius 3 is 2.50 bits per heavy atom. The van der Waals surface area contributed by atoms with Crippen molar-refractivity contribution in [3.63, 3.8) is 0 Å². The van der Waals surface area contributed by atoms with Crippen LogP contribution in [0.15, 0.2) is 41.8 Å². The minimum atomic E-state index is -0.333. The lowest BCUT2D eigenvalue weighted by molar-refractivity contribution is -0.119. The zero-order valence-electron chi connectivity index (χ0n) is 16.8. The van der Waals surface area contributed by atoms with Gasteiger partial charge < -0.3 is 20.9 Å². The molecule has 1 aliphatic rings. The zero-order chi connectivity index (χ0) is 21.5. The molecule has 2 heterocycles. The van der Waals surface area contributed by atoms with Crippen LogP contribution in [0.3, 0.4) is 0 Å². The molecule has 10 heteroatoms. The second-order valence-electron chi connectivity index (χ2n) is 7.23. The fourth-order valence-electron chi connectivity index (χ4n) is 3.25. The molecule has 1 saturated heterocycles. The Morgan fingerprint density at radius 2 is 1.90 bits per heavy atom. The zero-order valence-corrected chi connectivity index (χ0v) is 17.7. The summed E-state index contributed by atoms with van der Waals surface area (Å²) in [6.07, 6.45) is 5.07. The van der Waals surface area contributed by atoms with E-state index in [1.165, 1.54) is 11.8 Å². The van der Waals surface area contributed by atoms with Crippen molar-refractivity contribution in [1.82, 2.24) is 19.8 Å². The summed E-state index contributed by atoms with van der Waals surface area (Å²) in [5.74, 6) is -0.365. The van der Waals surface area contributed by atoms with Crippen molar-refractivity contribution in [2.45, 2.75) is 24.0 Å². The summed E-state index contributed by atoms with van der Waals surface area (Å²) < 4.78 is 1.85. The number of rotatable bonds is 8. The molecule has 4 N–H and O–H groups in total. The normalized spacial score (nSPS) is 15.0. The average molecular weight is 431 g/mol. The van der Waals surface area contributed by atoms with Crippen molar-refractivity contribution in [1.29, 1.82) is 0 Å². The van der Waals surface area contributed by atoms with E-state index in [2.05, 4.69) is 15.6 Å². The summed E-state index contributed by atoms with van der Waals surface area (Å²) in [6.45, 7) is 1.72. The third-order valence-corrected chi connectivity index (χ3v) is 5.90. The molecular weight excluding hydrogens is 404 g/mol. The Labute approximate surface area is 179 Å². The molecule has 0 radical (unpaired) electrons. The summed E-state index contributed by atoms with van der Waals surface area (Å²) in [5.41, 5.74) is 6.39. The van der Waals surface area contributed by atoms with Crippen molar-refractivity contribution in [2.24, 2.45) is 12.8 Å². The first kappa shape index (κ1) is 21.8. The molecule has 0 aliphatic carbocycles. The van der Waals surface area contributed by atoms with Gasteiger partial charge in [0.25, 0.3) is 5.91 Å². The number of aromatic nitrogens is 2. The van der Waals surface area contributed by atoms with E-state index in [4.69, 9.17) is 5.73 Å². The van der Waals surface area contributed by atoms with Crippen molar-refractivity contribution in [3.05, 3.63) is 42.2 Å². The van der Waals surface area contributed by atoms with E-state index in [0.717, 1.165) is 31.1 Å². The fourth-order valence-corrected chi connectivity index (χ4v) is 3.98. The van der Waals surface area contributed by atoms with Crippen LogP contribution in [-0.2, 0) is 16.6 Å². The molecule has 0 bridgehead atoms. The number of benzene rings is 1. The number of nitrogens with two attached hydrogens (primary N) is 1. The molecule has 1 aromatic carbocycles. The maximum Gasteiger partial charge on any atom is 0.251 e. The number of aryl methyl sites for hydroxylation is 1. The average Bonchev–Trinajstić information content (AvgIpc) is 3.13. The van der Waals surface area contributed by atoms with Crippen LogP contribution in [0.4, 0.5) is 5.69 Å². The first-order chi connectivity index (χ1) is 14.4. The molecule has 1 aliphatic heterocycles. The molecule has 3 rings (SSSR count). The number of hydrogen-bond donors (Lipinski definition) is 3. The molecule has 0 atom stereocenters. The Hall–Kier alpha value is -2.85. The quantitative estimate of drug-likeness (QED) is 0.533. The third-order valence-electron chi connectivity index (χ3n) is 4.84. The smallest absolute Gasteiger partial charge is 0.251 e. The number of anilines is 1. The number of primary amides is 1. The number of amides is 3. The molecule has 0 spiro atoms. The number of thioether (sulfide) groups is 1. The first-order valence-electron chi connectivity index (χ1n) is 9.72. The molecule has 1 aromatic heterocycles. The van der Waals surface area contributed by atoms with Crippen LogP contribution in [0, 0.1) is 0 Å². The molecule has 160 valence electrons. The lowest BCUT2D eigenvalue weighted by Crippen LogP contribution is -2.46. The van der Waals surface area contributed by atoms with Gasteiger partial charge in [0, 0.05) is 49.8 Å². The second-order valence-corrected chi connectivity index (χ2v) is 8.17. The number of carbonyl (C=O) groups is 3. The van der Waals surface area contributed by atoms with Crippen molar-refractivity contribution >= 4 is 35.2 Å². The van der Waals surface area contributed by atoms with Crippen LogP contribution in [0.25, 0.3) is 0 Å². The van der Waals surface area contributed by atoms with Gasteiger partial charge in [-0.2, -0.15) is 0 Å². The number of hydrogen-bond acceptors (Lipinski definition) is 6. The van der Waals surface area contributed by atoms with Gasteiger partial charge in [-0.05, 0) is 37.1 Å². The Bertz CT molecular complexity index is 890. The van der Waals surface area contributed by atoms with Gasteiger partial charge in [0.1, 0.15) is 0 Å². The monoisotopic (exact) mass is 430 g/mol. The van der Waals surface area contributed by atoms with E-state index < -0.39 is 0 Å². The van der Waals surface area contributed by atoms with Crippen LogP contribution in [0.5, 0.6) is 0 Å². The van der Waals surface area contributed by atoms with Gasteiger partial charge in [0.2, 0.25) is 11.8 Å². The number of nitrogens with zero attached hydrogens (tertiary/aromatic N) is 3. The summed E-state index contributed by atoms with van der Waals surface area (Å²) in [4.78, 5) is 41.7. The lowest BCUT2D eigenvalue weighted by atomic mass is 10.0. The van der Waals surface area contributed by atoms with Crippen molar-refractivity contribution in [3.8, 4) is 0 Å². The Balaban J connectivity index is 1.43. The number of carbonyl (C=O) groups excluding carboxylic acids is 3. The predicted octanol–water partition coefficient (Wildman–Crippen LogP) is 0.830.